The van der Waals surface area contributed by atoms with Crippen LogP contribution in [0.1, 0.15) is 18.4 Å². The molecule has 2 aromatic heterocycles. The Balaban J connectivity index is 1.85. The lowest BCUT2D eigenvalue weighted by Gasteiger charge is -2.16. The summed E-state index contributed by atoms with van der Waals surface area (Å²) in [7, 11) is 0. The molecule has 1 saturated heterocycles. The molecule has 0 bridgehead atoms. The summed E-state index contributed by atoms with van der Waals surface area (Å²) in [5.74, 6) is 0.538. The number of nitrogens with zero attached hydrogens (tertiary/aromatic N) is 4. The Morgan fingerprint density at radius 3 is 2.95 bits per heavy atom. The Hall–Kier alpha value is -2.37. The fourth-order valence-corrected chi connectivity index (χ4v) is 2.53. The van der Waals surface area contributed by atoms with Gasteiger partial charge in [-0.2, -0.15) is 5.10 Å². The van der Waals surface area contributed by atoms with Gasteiger partial charge >= 0.3 is 0 Å². The van der Waals surface area contributed by atoms with Gasteiger partial charge in [0.25, 0.3) is 0 Å². The van der Waals surface area contributed by atoms with Gasteiger partial charge in [-0.3, -0.25) is 0 Å². The number of fused-ring (bicyclic) bond motifs is 1. The van der Waals surface area contributed by atoms with E-state index in [2.05, 4.69) is 10.00 Å². The molecule has 0 radical (unpaired) electrons. The van der Waals surface area contributed by atoms with Crippen molar-refractivity contribution in [3.8, 4) is 0 Å². The number of nitrogens with two attached hydrogens (primary N) is 1. The normalized spacial score (nSPS) is 16.4. The molecule has 1 fully saturated rings. The first kappa shape index (κ1) is 13.6. The molecule has 0 aliphatic carbocycles. The van der Waals surface area contributed by atoms with Crippen molar-refractivity contribution in [3.63, 3.8) is 0 Å². The van der Waals surface area contributed by atoms with Crippen LogP contribution in [-0.4, -0.2) is 27.7 Å². The highest BCUT2D eigenvalue weighted by molar-refractivity contribution is 5.53. The highest BCUT2D eigenvalue weighted by Crippen LogP contribution is 2.20. The zero-order valence-electron chi connectivity index (χ0n) is 11.7. The SMILES string of the molecule is N/C=C(F)\C=C/Cc1cnn2ccc(N3CCCC3)nc12. The highest BCUT2D eigenvalue weighted by atomic mass is 19.1. The molecular formula is C15H18FN5. The van der Waals surface area contributed by atoms with Crippen LogP contribution >= 0.6 is 0 Å². The van der Waals surface area contributed by atoms with Gasteiger partial charge in [-0.25, -0.2) is 13.9 Å². The van der Waals surface area contributed by atoms with Gasteiger partial charge in [0.1, 0.15) is 11.6 Å². The zero-order chi connectivity index (χ0) is 14.7. The second-order valence-electron chi connectivity index (χ2n) is 5.08. The van der Waals surface area contributed by atoms with E-state index in [-0.39, 0.29) is 0 Å². The lowest BCUT2D eigenvalue weighted by atomic mass is 10.2. The zero-order valence-corrected chi connectivity index (χ0v) is 11.7. The minimum absolute atomic E-state index is 0.447. The molecule has 0 aromatic carbocycles. The topological polar surface area (TPSA) is 59.4 Å². The summed E-state index contributed by atoms with van der Waals surface area (Å²) in [6.45, 7) is 2.11. The second kappa shape index (κ2) is 5.95. The van der Waals surface area contributed by atoms with Gasteiger partial charge in [0.05, 0.1) is 6.20 Å². The van der Waals surface area contributed by atoms with Gasteiger partial charge in [-0.15, -0.1) is 0 Å². The maximum Gasteiger partial charge on any atom is 0.160 e. The molecule has 0 amide bonds. The average molecular weight is 287 g/mol. The molecule has 1 aliphatic heterocycles. The van der Waals surface area contributed by atoms with E-state index in [0.717, 1.165) is 36.3 Å². The van der Waals surface area contributed by atoms with Crippen molar-refractivity contribution in [2.45, 2.75) is 19.3 Å². The van der Waals surface area contributed by atoms with Crippen molar-refractivity contribution in [2.24, 2.45) is 5.73 Å². The van der Waals surface area contributed by atoms with Gasteiger partial charge in [-0.1, -0.05) is 6.08 Å². The lowest BCUT2D eigenvalue weighted by Crippen LogP contribution is -2.19. The van der Waals surface area contributed by atoms with Gasteiger partial charge in [0.15, 0.2) is 5.65 Å². The first-order valence-electron chi connectivity index (χ1n) is 7.10. The van der Waals surface area contributed by atoms with E-state index in [1.165, 1.54) is 18.9 Å². The largest absolute Gasteiger partial charge is 0.402 e. The van der Waals surface area contributed by atoms with Crippen LogP contribution < -0.4 is 10.6 Å². The summed E-state index contributed by atoms with van der Waals surface area (Å²) in [4.78, 5) is 6.98. The number of rotatable bonds is 4. The van der Waals surface area contributed by atoms with Gasteiger partial charge < -0.3 is 10.6 Å². The van der Waals surface area contributed by atoms with Crippen molar-refractivity contribution in [3.05, 3.63) is 48.2 Å². The summed E-state index contributed by atoms with van der Waals surface area (Å²) in [5, 5.41) is 4.27. The monoisotopic (exact) mass is 287 g/mol. The predicted octanol–water partition coefficient (Wildman–Crippen LogP) is 2.20. The first-order chi connectivity index (χ1) is 10.3. The smallest absolute Gasteiger partial charge is 0.160 e. The standard InChI is InChI=1S/C15H18FN5/c16-13(10-17)5-3-4-12-11-18-21-9-6-14(19-15(12)21)20-7-1-2-8-20/h3,5-6,9-11H,1-2,4,7-8,17H2/b5-3-,13-10+. The molecule has 0 atom stereocenters. The first-order valence-corrected chi connectivity index (χ1v) is 7.10. The summed E-state index contributed by atoms with van der Waals surface area (Å²) in [6.07, 6.45) is 10.7. The van der Waals surface area contributed by atoms with E-state index >= 15 is 0 Å². The lowest BCUT2D eigenvalue weighted by molar-refractivity contribution is 0.663. The molecule has 110 valence electrons. The minimum atomic E-state index is -0.447. The molecule has 0 saturated carbocycles. The Morgan fingerprint density at radius 1 is 1.38 bits per heavy atom. The maximum absolute atomic E-state index is 12.9. The van der Waals surface area contributed by atoms with Crippen molar-refractivity contribution in [1.29, 1.82) is 0 Å². The molecule has 2 aromatic rings. The molecule has 6 heteroatoms. The third kappa shape index (κ3) is 2.89. The van der Waals surface area contributed by atoms with E-state index in [0.29, 0.717) is 6.42 Å². The Labute approximate surface area is 122 Å². The Bertz CT molecular complexity index is 682. The van der Waals surface area contributed by atoms with E-state index in [4.69, 9.17) is 10.7 Å². The van der Waals surface area contributed by atoms with Crippen LogP contribution in [0.4, 0.5) is 10.2 Å². The summed E-state index contributed by atoms with van der Waals surface area (Å²) < 4.78 is 14.7. The molecule has 3 rings (SSSR count). The van der Waals surface area contributed by atoms with Crippen molar-refractivity contribution in [2.75, 3.05) is 18.0 Å². The van der Waals surface area contributed by atoms with Crippen LogP contribution in [0.15, 0.2) is 42.6 Å². The van der Waals surface area contributed by atoms with Crippen LogP contribution in [0.3, 0.4) is 0 Å². The third-order valence-corrected chi connectivity index (χ3v) is 3.63. The molecular weight excluding hydrogens is 269 g/mol. The molecule has 0 unspecified atom stereocenters. The van der Waals surface area contributed by atoms with Crippen LogP contribution in [0.2, 0.25) is 0 Å². The number of halogens is 1. The van der Waals surface area contributed by atoms with Crippen LogP contribution in [0.5, 0.6) is 0 Å². The summed E-state index contributed by atoms with van der Waals surface area (Å²) >= 11 is 0. The second-order valence-corrected chi connectivity index (χ2v) is 5.08. The number of hydrogen-bond donors (Lipinski definition) is 1. The Morgan fingerprint density at radius 2 is 2.19 bits per heavy atom. The Kier molecular flexibility index (Phi) is 3.85. The fraction of sp³-hybridized carbons (Fsp3) is 0.333. The summed E-state index contributed by atoms with van der Waals surface area (Å²) in [5.41, 5.74) is 6.88. The molecule has 2 N–H and O–H groups in total. The number of hydrogen-bond acceptors (Lipinski definition) is 4. The highest BCUT2D eigenvalue weighted by Gasteiger charge is 2.14. The van der Waals surface area contributed by atoms with Crippen LogP contribution in [0.25, 0.3) is 5.65 Å². The van der Waals surface area contributed by atoms with Crippen molar-refractivity contribution >= 4 is 11.5 Å². The molecule has 3 heterocycles. The number of anilines is 1. The van der Waals surface area contributed by atoms with Crippen molar-refractivity contribution < 1.29 is 4.39 Å². The van der Waals surface area contributed by atoms with Gasteiger partial charge in [-0.05, 0) is 31.4 Å². The molecule has 21 heavy (non-hydrogen) atoms. The quantitative estimate of drug-likeness (QED) is 0.876. The van der Waals surface area contributed by atoms with E-state index < -0.39 is 5.83 Å². The number of aromatic nitrogens is 3. The fourth-order valence-electron chi connectivity index (χ4n) is 2.53. The molecule has 1 aliphatic rings. The van der Waals surface area contributed by atoms with Crippen LogP contribution in [-0.2, 0) is 6.42 Å². The van der Waals surface area contributed by atoms with Gasteiger partial charge in [0, 0.05) is 31.0 Å². The van der Waals surface area contributed by atoms with Crippen molar-refractivity contribution in [1.82, 2.24) is 14.6 Å². The predicted molar refractivity (Wildman–Crippen MR) is 80.7 cm³/mol. The van der Waals surface area contributed by atoms with E-state index in [1.807, 2.05) is 12.3 Å². The van der Waals surface area contributed by atoms with Crippen LogP contribution in [0, 0.1) is 0 Å². The van der Waals surface area contributed by atoms with E-state index in [1.54, 1.807) is 16.8 Å². The average Bonchev–Trinajstić information content (AvgIpc) is 3.16. The van der Waals surface area contributed by atoms with Gasteiger partial charge in [0.2, 0.25) is 0 Å². The molecule has 5 nitrogen and oxygen atoms in total. The summed E-state index contributed by atoms with van der Waals surface area (Å²) in [6, 6.07) is 1.99. The number of allylic oxidation sites excluding steroid dienone is 3. The maximum atomic E-state index is 12.9. The minimum Gasteiger partial charge on any atom is -0.402 e. The molecule has 0 spiro atoms. The van der Waals surface area contributed by atoms with E-state index in [9.17, 15) is 4.39 Å². The third-order valence-electron chi connectivity index (χ3n) is 3.63.